The Morgan fingerprint density at radius 2 is 2.00 bits per heavy atom. The maximum absolute atomic E-state index is 12.0. The molecule has 0 aromatic carbocycles. The van der Waals surface area contributed by atoms with Crippen molar-refractivity contribution < 1.29 is 27.9 Å². The van der Waals surface area contributed by atoms with Gasteiger partial charge >= 0.3 is 5.97 Å². The molecule has 9 heteroatoms. The van der Waals surface area contributed by atoms with Crippen LogP contribution in [-0.2, 0) is 24.4 Å². The molecular weight excluding hydrogens is 288 g/mol. The second-order valence-corrected chi connectivity index (χ2v) is 6.62. The molecule has 1 aliphatic heterocycles. The van der Waals surface area contributed by atoms with E-state index in [1.54, 1.807) is 0 Å². The number of aliphatic carboxylic acids is 1. The average molecular weight is 306 g/mol. The van der Waals surface area contributed by atoms with Crippen molar-refractivity contribution in [2.45, 2.75) is 38.3 Å². The first-order valence-corrected chi connectivity index (χ1v) is 8.01. The van der Waals surface area contributed by atoms with Gasteiger partial charge in [-0.15, -0.1) is 0 Å². The molecule has 1 aliphatic rings. The number of carbonyl (C=O) groups is 3. The number of rotatable bonds is 6. The smallest absolute Gasteiger partial charge is 0.322 e. The van der Waals surface area contributed by atoms with E-state index < -0.39 is 40.4 Å². The fourth-order valence-electron chi connectivity index (χ4n) is 2.22. The fraction of sp³-hybridized carbons (Fsp3) is 0.727. The number of hydrogen-bond donors (Lipinski definition) is 2. The molecule has 1 unspecified atom stereocenters. The summed E-state index contributed by atoms with van der Waals surface area (Å²) in [7, 11) is -3.74. The molecule has 114 valence electrons. The lowest BCUT2D eigenvalue weighted by atomic mass is 10.1. The van der Waals surface area contributed by atoms with Crippen LogP contribution < -0.4 is 4.72 Å². The third-order valence-corrected chi connectivity index (χ3v) is 3.79. The Labute approximate surface area is 117 Å². The molecule has 0 aromatic heterocycles. The summed E-state index contributed by atoms with van der Waals surface area (Å²) in [4.78, 5) is 35.7. The molecule has 0 aliphatic carbocycles. The first kappa shape index (κ1) is 16.6. The molecule has 1 saturated heterocycles. The first-order chi connectivity index (χ1) is 9.11. The summed E-state index contributed by atoms with van der Waals surface area (Å²) in [6.07, 6.45) is 1.54. The van der Waals surface area contributed by atoms with E-state index in [0.717, 1.165) is 6.26 Å². The normalized spacial score (nSPS) is 20.7. The van der Waals surface area contributed by atoms with Crippen molar-refractivity contribution in [2.24, 2.45) is 0 Å². The number of nitrogens with one attached hydrogen (secondary N) is 1. The van der Waals surface area contributed by atoms with Gasteiger partial charge in [0.15, 0.2) is 5.78 Å². The van der Waals surface area contributed by atoms with Crippen LogP contribution in [0.15, 0.2) is 0 Å². The number of hydrogen-bond acceptors (Lipinski definition) is 5. The zero-order valence-electron chi connectivity index (χ0n) is 11.3. The maximum atomic E-state index is 12.0. The monoisotopic (exact) mass is 306 g/mol. The molecular formula is C11H18N2O6S. The lowest BCUT2D eigenvalue weighted by molar-refractivity contribution is -0.144. The van der Waals surface area contributed by atoms with Gasteiger partial charge < -0.3 is 10.0 Å². The van der Waals surface area contributed by atoms with Crippen LogP contribution in [-0.4, -0.2) is 61.0 Å². The van der Waals surface area contributed by atoms with E-state index >= 15 is 0 Å². The Morgan fingerprint density at radius 3 is 2.45 bits per heavy atom. The summed E-state index contributed by atoms with van der Waals surface area (Å²) in [5.74, 6) is -2.12. The van der Waals surface area contributed by atoms with Gasteiger partial charge in [-0.1, -0.05) is 0 Å². The summed E-state index contributed by atoms with van der Waals surface area (Å²) in [6.45, 7) is 1.76. The van der Waals surface area contributed by atoms with E-state index in [9.17, 15) is 22.8 Å². The molecule has 2 N–H and O–H groups in total. The minimum atomic E-state index is -3.74. The van der Waals surface area contributed by atoms with Crippen LogP contribution in [0.3, 0.4) is 0 Å². The predicted octanol–water partition coefficient (Wildman–Crippen LogP) is -1.04. The number of carbonyl (C=O) groups excluding carboxylic acids is 2. The van der Waals surface area contributed by atoms with Gasteiger partial charge in [0.2, 0.25) is 15.9 Å². The molecule has 1 rings (SSSR count). The van der Waals surface area contributed by atoms with E-state index in [2.05, 4.69) is 0 Å². The second-order valence-electron chi connectivity index (χ2n) is 4.84. The molecule has 0 saturated carbocycles. The van der Waals surface area contributed by atoms with Gasteiger partial charge in [0.1, 0.15) is 6.04 Å². The largest absolute Gasteiger partial charge is 0.480 e. The number of carboxylic acids is 1. The molecule has 2 atom stereocenters. The Kier molecular flexibility index (Phi) is 5.23. The highest BCUT2D eigenvalue weighted by atomic mass is 32.2. The molecule has 0 spiro atoms. The van der Waals surface area contributed by atoms with Gasteiger partial charge in [-0.25, -0.2) is 13.1 Å². The Morgan fingerprint density at radius 1 is 1.40 bits per heavy atom. The molecule has 0 bridgehead atoms. The van der Waals surface area contributed by atoms with Crippen LogP contribution in [0.5, 0.6) is 0 Å². The quantitative estimate of drug-likeness (QED) is 0.646. The van der Waals surface area contributed by atoms with Crippen molar-refractivity contribution in [1.82, 2.24) is 9.62 Å². The molecule has 1 heterocycles. The van der Waals surface area contributed by atoms with Gasteiger partial charge in [-0.05, 0) is 19.8 Å². The standard InChI is InChI=1S/C11H18N2O6S/c1-7(14)9-4-3-5-13(9)10(15)6-8(11(16)17)12-20(2,18)19/h8-9,12H,3-6H2,1-2H3,(H,16,17)/t8?,9-/m1/s1. The maximum Gasteiger partial charge on any atom is 0.322 e. The zero-order chi connectivity index (χ0) is 15.5. The molecule has 8 nitrogen and oxygen atoms in total. The molecule has 0 aromatic rings. The van der Waals surface area contributed by atoms with Crippen molar-refractivity contribution in [3.8, 4) is 0 Å². The molecule has 20 heavy (non-hydrogen) atoms. The summed E-state index contributed by atoms with van der Waals surface area (Å²) < 4.78 is 24.0. The Hall–Kier alpha value is -1.48. The van der Waals surface area contributed by atoms with Crippen LogP contribution in [0.2, 0.25) is 0 Å². The van der Waals surface area contributed by atoms with Gasteiger partial charge in [-0.3, -0.25) is 14.4 Å². The van der Waals surface area contributed by atoms with Crippen LogP contribution in [0, 0.1) is 0 Å². The van der Waals surface area contributed by atoms with Crippen LogP contribution in [0.25, 0.3) is 0 Å². The van der Waals surface area contributed by atoms with E-state index in [4.69, 9.17) is 5.11 Å². The van der Waals surface area contributed by atoms with E-state index in [1.165, 1.54) is 11.8 Å². The van der Waals surface area contributed by atoms with E-state index in [0.29, 0.717) is 19.4 Å². The van der Waals surface area contributed by atoms with Crippen LogP contribution in [0.4, 0.5) is 0 Å². The molecule has 1 amide bonds. The molecule has 0 radical (unpaired) electrons. The SMILES string of the molecule is CC(=O)[C@H]1CCCN1C(=O)CC(NS(C)(=O)=O)C(=O)O. The van der Waals surface area contributed by atoms with Crippen molar-refractivity contribution in [3.63, 3.8) is 0 Å². The van der Waals surface area contributed by atoms with Crippen LogP contribution in [0.1, 0.15) is 26.2 Å². The van der Waals surface area contributed by atoms with Gasteiger partial charge in [-0.2, -0.15) is 0 Å². The van der Waals surface area contributed by atoms with Crippen molar-refractivity contribution in [1.29, 1.82) is 0 Å². The Bertz CT molecular complexity index is 515. The highest BCUT2D eigenvalue weighted by Gasteiger charge is 2.34. The predicted molar refractivity (Wildman–Crippen MR) is 69.4 cm³/mol. The summed E-state index contributed by atoms with van der Waals surface area (Å²) in [5.41, 5.74) is 0. The number of sulfonamides is 1. The summed E-state index contributed by atoms with van der Waals surface area (Å²) >= 11 is 0. The second kappa shape index (κ2) is 6.31. The van der Waals surface area contributed by atoms with Crippen molar-refractivity contribution >= 4 is 27.7 Å². The van der Waals surface area contributed by atoms with Gasteiger partial charge in [0.25, 0.3) is 0 Å². The summed E-state index contributed by atoms with van der Waals surface area (Å²) in [6, 6.07) is -2.05. The third-order valence-electron chi connectivity index (χ3n) is 3.08. The van der Waals surface area contributed by atoms with Crippen molar-refractivity contribution in [2.75, 3.05) is 12.8 Å². The number of Topliss-reactive ketones (excluding diaryl/α,β-unsaturated/α-hetero) is 1. The number of nitrogens with zero attached hydrogens (tertiary/aromatic N) is 1. The van der Waals surface area contributed by atoms with Gasteiger partial charge in [0, 0.05) is 6.54 Å². The lowest BCUT2D eigenvalue weighted by Crippen LogP contribution is -2.46. The zero-order valence-corrected chi connectivity index (χ0v) is 12.1. The minimum absolute atomic E-state index is 0.154. The van der Waals surface area contributed by atoms with Crippen molar-refractivity contribution in [3.05, 3.63) is 0 Å². The van der Waals surface area contributed by atoms with E-state index in [1.807, 2.05) is 4.72 Å². The first-order valence-electron chi connectivity index (χ1n) is 6.12. The lowest BCUT2D eigenvalue weighted by Gasteiger charge is -2.24. The number of carboxylic acid groups (broad SMARTS) is 1. The number of amides is 1. The summed E-state index contributed by atoms with van der Waals surface area (Å²) in [5, 5.41) is 8.94. The topological polar surface area (TPSA) is 121 Å². The fourth-order valence-corrected chi connectivity index (χ4v) is 2.92. The highest BCUT2D eigenvalue weighted by Crippen LogP contribution is 2.19. The highest BCUT2D eigenvalue weighted by molar-refractivity contribution is 7.88. The average Bonchev–Trinajstić information content (AvgIpc) is 2.74. The number of likely N-dealkylation sites (tertiary alicyclic amines) is 1. The van der Waals surface area contributed by atoms with Gasteiger partial charge in [0.05, 0.1) is 18.7 Å². The van der Waals surface area contributed by atoms with Crippen LogP contribution >= 0.6 is 0 Å². The van der Waals surface area contributed by atoms with E-state index in [-0.39, 0.29) is 5.78 Å². The molecule has 1 fully saturated rings. The minimum Gasteiger partial charge on any atom is -0.480 e. The third kappa shape index (κ3) is 4.57. The Balaban J connectivity index is 2.76. The number of ketones is 1.